The Hall–Kier alpha value is -0.900. The maximum absolute atomic E-state index is 4.53. The summed E-state index contributed by atoms with van der Waals surface area (Å²) in [4.78, 5) is 0. The number of hydrogen-bond acceptors (Lipinski definition) is 3. The molecule has 0 amide bonds. The van der Waals surface area contributed by atoms with Crippen LogP contribution in [-0.4, -0.2) is 21.3 Å². The lowest BCUT2D eigenvalue weighted by Gasteiger charge is -2.39. The monoisotopic (exact) mass is 262 g/mol. The minimum Gasteiger partial charge on any atom is -0.311 e. The quantitative estimate of drug-likeness (QED) is 0.890. The maximum atomic E-state index is 4.53. The number of aromatic nitrogens is 3. The van der Waals surface area contributed by atoms with E-state index >= 15 is 0 Å². The molecule has 0 radical (unpaired) electrons. The molecular weight excluding hydrogens is 236 g/mol. The zero-order chi connectivity index (χ0) is 13.5. The molecule has 106 valence electrons. The second-order valence-corrected chi connectivity index (χ2v) is 6.89. The Kier molecular flexibility index (Phi) is 3.37. The van der Waals surface area contributed by atoms with Crippen LogP contribution in [0.5, 0.6) is 0 Å². The van der Waals surface area contributed by atoms with Crippen LogP contribution in [0.3, 0.4) is 0 Å². The van der Waals surface area contributed by atoms with E-state index in [4.69, 9.17) is 0 Å². The molecule has 2 fully saturated rings. The van der Waals surface area contributed by atoms with Gasteiger partial charge in [-0.25, -0.2) is 0 Å². The topological polar surface area (TPSA) is 42.7 Å². The van der Waals surface area contributed by atoms with Crippen molar-refractivity contribution < 1.29 is 0 Å². The lowest BCUT2D eigenvalue weighted by atomic mass is 9.77. The predicted octanol–water partition coefficient (Wildman–Crippen LogP) is 3.15. The van der Waals surface area contributed by atoms with Crippen molar-refractivity contribution in [1.29, 1.82) is 0 Å². The summed E-state index contributed by atoms with van der Waals surface area (Å²) in [5, 5.41) is 12.6. The molecule has 1 aromatic rings. The fraction of sp³-hybridized carbons (Fsp3) is 0.867. The van der Waals surface area contributed by atoms with Gasteiger partial charge in [-0.15, -0.1) is 10.2 Å². The van der Waals surface area contributed by atoms with Crippen LogP contribution in [0.2, 0.25) is 0 Å². The summed E-state index contributed by atoms with van der Waals surface area (Å²) in [6.45, 7) is 7.91. The third-order valence-electron chi connectivity index (χ3n) is 4.97. The van der Waals surface area contributed by atoms with Gasteiger partial charge in [-0.3, -0.25) is 0 Å². The molecule has 4 nitrogen and oxygen atoms in total. The van der Waals surface area contributed by atoms with Crippen LogP contribution in [0.25, 0.3) is 0 Å². The molecule has 4 heteroatoms. The van der Waals surface area contributed by atoms with Crippen molar-refractivity contribution in [1.82, 2.24) is 20.1 Å². The highest BCUT2D eigenvalue weighted by atomic mass is 15.3. The first-order valence-corrected chi connectivity index (χ1v) is 7.74. The van der Waals surface area contributed by atoms with Crippen LogP contribution in [-0.2, 0) is 0 Å². The van der Waals surface area contributed by atoms with Gasteiger partial charge in [-0.1, -0.05) is 26.7 Å². The Morgan fingerprint density at radius 3 is 2.58 bits per heavy atom. The average molecular weight is 262 g/mol. The first-order valence-electron chi connectivity index (χ1n) is 7.74. The van der Waals surface area contributed by atoms with Crippen molar-refractivity contribution >= 4 is 0 Å². The lowest BCUT2D eigenvalue weighted by molar-refractivity contribution is 0.167. The highest BCUT2D eigenvalue weighted by molar-refractivity contribution is 5.08. The largest absolute Gasteiger partial charge is 0.311 e. The summed E-state index contributed by atoms with van der Waals surface area (Å²) in [7, 11) is 0. The van der Waals surface area contributed by atoms with E-state index in [1.54, 1.807) is 0 Å². The van der Waals surface area contributed by atoms with Gasteiger partial charge in [0.05, 0.1) is 6.04 Å². The molecule has 1 aromatic heterocycles. The average Bonchev–Trinajstić information content (AvgIpc) is 2.97. The van der Waals surface area contributed by atoms with Crippen molar-refractivity contribution in [2.24, 2.45) is 5.41 Å². The molecule has 1 atom stereocenters. The molecule has 1 saturated carbocycles. The maximum Gasteiger partial charge on any atom is 0.151 e. The fourth-order valence-corrected chi connectivity index (χ4v) is 3.85. The minimum absolute atomic E-state index is 0.272. The zero-order valence-corrected chi connectivity index (χ0v) is 12.4. The van der Waals surface area contributed by atoms with Crippen LogP contribution >= 0.6 is 0 Å². The predicted molar refractivity (Wildman–Crippen MR) is 76.0 cm³/mol. The summed E-state index contributed by atoms with van der Waals surface area (Å²) in [6.07, 6.45) is 7.81. The van der Waals surface area contributed by atoms with Crippen LogP contribution in [0.1, 0.15) is 76.1 Å². The van der Waals surface area contributed by atoms with Crippen molar-refractivity contribution in [3.63, 3.8) is 0 Å². The molecule has 1 saturated heterocycles. The number of rotatable bonds is 2. The first-order chi connectivity index (χ1) is 9.09. The minimum atomic E-state index is 0.272. The number of piperidine rings is 1. The van der Waals surface area contributed by atoms with Gasteiger partial charge >= 0.3 is 0 Å². The van der Waals surface area contributed by atoms with Crippen LogP contribution < -0.4 is 5.32 Å². The molecule has 2 aliphatic rings. The standard InChI is InChI=1S/C15H26N4/c1-11-17-18-14(19(11)12-7-4-5-8-12)13-15(2,3)9-6-10-16-13/h12-13,16H,4-10H2,1-3H3. The highest BCUT2D eigenvalue weighted by Crippen LogP contribution is 2.41. The third kappa shape index (κ3) is 2.31. The molecule has 0 spiro atoms. The molecule has 1 N–H and O–H groups in total. The second-order valence-electron chi connectivity index (χ2n) is 6.89. The Morgan fingerprint density at radius 1 is 1.16 bits per heavy atom. The van der Waals surface area contributed by atoms with E-state index in [1.807, 2.05) is 0 Å². The van der Waals surface area contributed by atoms with Gasteiger partial charge in [-0.05, 0) is 44.6 Å². The van der Waals surface area contributed by atoms with E-state index in [9.17, 15) is 0 Å². The van der Waals surface area contributed by atoms with Crippen LogP contribution in [0.4, 0.5) is 0 Å². The Bertz CT molecular complexity index is 443. The van der Waals surface area contributed by atoms with Crippen LogP contribution in [0, 0.1) is 12.3 Å². The summed E-state index contributed by atoms with van der Waals surface area (Å²) in [5.74, 6) is 2.26. The fourth-order valence-electron chi connectivity index (χ4n) is 3.85. The number of nitrogens with zero attached hydrogens (tertiary/aromatic N) is 3. The molecule has 19 heavy (non-hydrogen) atoms. The van der Waals surface area contributed by atoms with Gasteiger partial charge in [0, 0.05) is 6.04 Å². The summed E-state index contributed by atoms with van der Waals surface area (Å²) in [6, 6.07) is 0.979. The Morgan fingerprint density at radius 2 is 1.89 bits per heavy atom. The van der Waals surface area contributed by atoms with Crippen molar-refractivity contribution in [3.05, 3.63) is 11.6 Å². The van der Waals surface area contributed by atoms with Gasteiger partial charge < -0.3 is 9.88 Å². The Balaban J connectivity index is 1.95. The van der Waals surface area contributed by atoms with Gasteiger partial charge in [0.15, 0.2) is 5.82 Å². The summed E-state index contributed by atoms with van der Waals surface area (Å²) >= 11 is 0. The molecule has 1 unspecified atom stereocenters. The summed E-state index contributed by atoms with van der Waals surface area (Å²) < 4.78 is 2.43. The van der Waals surface area contributed by atoms with Crippen LogP contribution in [0.15, 0.2) is 0 Å². The number of hydrogen-bond donors (Lipinski definition) is 1. The molecule has 0 aromatic carbocycles. The van der Waals surface area contributed by atoms with Gasteiger partial charge in [0.25, 0.3) is 0 Å². The lowest BCUT2D eigenvalue weighted by Crippen LogP contribution is -2.41. The van der Waals surface area contributed by atoms with E-state index < -0.39 is 0 Å². The molecule has 1 aliphatic carbocycles. The number of nitrogens with one attached hydrogen (secondary N) is 1. The van der Waals surface area contributed by atoms with Crippen molar-refractivity contribution in [2.45, 2.75) is 71.4 Å². The highest BCUT2D eigenvalue weighted by Gasteiger charge is 2.38. The molecule has 1 aliphatic heterocycles. The first kappa shape index (κ1) is 13.1. The van der Waals surface area contributed by atoms with Gasteiger partial charge in [0.1, 0.15) is 5.82 Å². The van der Waals surface area contributed by atoms with E-state index in [0.29, 0.717) is 12.1 Å². The smallest absolute Gasteiger partial charge is 0.151 e. The van der Waals surface area contributed by atoms with Gasteiger partial charge in [0.2, 0.25) is 0 Å². The molecule has 0 bridgehead atoms. The van der Waals surface area contributed by atoms with E-state index in [-0.39, 0.29) is 5.41 Å². The van der Waals surface area contributed by atoms with E-state index in [0.717, 1.165) is 12.4 Å². The SMILES string of the molecule is Cc1nnc(C2NCCCC2(C)C)n1C1CCCC1. The Labute approximate surface area is 116 Å². The zero-order valence-electron chi connectivity index (χ0n) is 12.4. The van der Waals surface area contributed by atoms with Crippen molar-refractivity contribution in [2.75, 3.05) is 6.54 Å². The molecular formula is C15H26N4. The van der Waals surface area contributed by atoms with E-state index in [1.165, 1.54) is 44.3 Å². The third-order valence-corrected chi connectivity index (χ3v) is 4.97. The van der Waals surface area contributed by atoms with Gasteiger partial charge in [-0.2, -0.15) is 0 Å². The van der Waals surface area contributed by atoms with Crippen molar-refractivity contribution in [3.8, 4) is 0 Å². The molecule has 2 heterocycles. The second kappa shape index (κ2) is 4.89. The molecule has 3 rings (SSSR count). The summed E-state index contributed by atoms with van der Waals surface area (Å²) in [5.41, 5.74) is 0.272. The van der Waals surface area contributed by atoms with E-state index in [2.05, 4.69) is 40.9 Å². The number of aryl methyl sites for hydroxylation is 1. The normalized spacial score (nSPS) is 27.8.